The lowest BCUT2D eigenvalue weighted by atomic mass is 10.1. The van der Waals surface area contributed by atoms with Gasteiger partial charge in [-0.05, 0) is 24.3 Å². The van der Waals surface area contributed by atoms with Crippen molar-refractivity contribution in [1.82, 2.24) is 0 Å². The first-order valence-electron chi connectivity index (χ1n) is 10.3. The van der Waals surface area contributed by atoms with Gasteiger partial charge in [-0.1, -0.05) is 24.3 Å². The molecule has 0 aliphatic heterocycles. The molecule has 4 rings (SSSR count). The van der Waals surface area contributed by atoms with Crippen LogP contribution in [-0.4, -0.2) is 34.3 Å². The van der Waals surface area contributed by atoms with Crippen molar-refractivity contribution >= 4 is 22.6 Å². The first-order valence-corrected chi connectivity index (χ1v) is 10.3. The molecule has 0 saturated carbocycles. The molecular formula is C26H23NO7. The largest absolute Gasteiger partial charge is 0.496 e. The lowest BCUT2D eigenvalue weighted by Crippen LogP contribution is -2.13. The molecule has 1 N–H and O–H groups in total. The Kier molecular flexibility index (Phi) is 6.40. The Labute approximate surface area is 195 Å². The molecule has 0 fully saturated rings. The Hall–Kier alpha value is -4.46. The molecule has 0 aliphatic rings. The molecule has 4 aromatic rings. The third kappa shape index (κ3) is 4.13. The zero-order valence-corrected chi connectivity index (χ0v) is 19.1. The van der Waals surface area contributed by atoms with E-state index in [1.807, 2.05) is 0 Å². The normalized spacial score (nSPS) is 10.6. The second-order valence-electron chi connectivity index (χ2n) is 7.23. The highest BCUT2D eigenvalue weighted by molar-refractivity contribution is 6.06. The van der Waals surface area contributed by atoms with Crippen LogP contribution in [0.5, 0.6) is 23.0 Å². The maximum atomic E-state index is 13.0. The highest BCUT2D eigenvalue weighted by Gasteiger charge is 2.21. The van der Waals surface area contributed by atoms with E-state index >= 15 is 0 Å². The van der Waals surface area contributed by atoms with E-state index in [4.69, 9.17) is 23.4 Å². The second-order valence-corrected chi connectivity index (χ2v) is 7.23. The Bertz CT molecular complexity index is 1420. The number of anilines is 1. The molecule has 0 bridgehead atoms. The number of nitrogens with one attached hydrogen (secondary N) is 1. The van der Waals surface area contributed by atoms with Crippen LogP contribution >= 0.6 is 0 Å². The molecule has 0 radical (unpaired) electrons. The number of para-hydroxylation sites is 1. The van der Waals surface area contributed by atoms with Gasteiger partial charge in [0.05, 0.1) is 34.0 Å². The average Bonchev–Trinajstić information content (AvgIpc) is 2.87. The summed E-state index contributed by atoms with van der Waals surface area (Å²) < 4.78 is 27.5. The molecule has 1 heterocycles. The standard InChI is InChI=1S/C26H23NO7/c1-30-19-11-6-5-10-17(19)26(29)27-16-9-7-8-15(12-16)20-13-18(28)23-21(34-20)14-22(31-2)24(32-3)25(23)33-4/h5-14H,1-4H3,(H,27,29). The molecular weight excluding hydrogens is 438 g/mol. The zero-order valence-electron chi connectivity index (χ0n) is 19.1. The van der Waals surface area contributed by atoms with Crippen LogP contribution in [-0.2, 0) is 0 Å². The lowest BCUT2D eigenvalue weighted by molar-refractivity contribution is 0.102. The number of carbonyl (C=O) groups is 1. The quantitative estimate of drug-likeness (QED) is 0.424. The molecule has 3 aromatic carbocycles. The minimum Gasteiger partial charge on any atom is -0.496 e. The number of carbonyl (C=O) groups excluding carboxylic acids is 1. The number of benzene rings is 3. The van der Waals surface area contributed by atoms with Crippen LogP contribution in [0.3, 0.4) is 0 Å². The highest BCUT2D eigenvalue weighted by Crippen LogP contribution is 2.42. The van der Waals surface area contributed by atoms with E-state index in [0.717, 1.165) is 0 Å². The van der Waals surface area contributed by atoms with Crippen LogP contribution in [0.1, 0.15) is 10.4 Å². The number of hydrogen-bond donors (Lipinski definition) is 1. The number of fused-ring (bicyclic) bond motifs is 1. The molecule has 0 aliphatic carbocycles. The summed E-state index contributed by atoms with van der Waals surface area (Å²) in [6, 6.07) is 16.9. The maximum absolute atomic E-state index is 13.0. The first-order chi connectivity index (χ1) is 16.5. The molecule has 8 nitrogen and oxygen atoms in total. The first kappa shape index (κ1) is 22.7. The Balaban J connectivity index is 1.75. The van der Waals surface area contributed by atoms with Crippen LogP contribution < -0.4 is 29.7 Å². The van der Waals surface area contributed by atoms with Crippen LogP contribution in [0.2, 0.25) is 0 Å². The maximum Gasteiger partial charge on any atom is 0.259 e. The van der Waals surface area contributed by atoms with Crippen molar-refractivity contribution in [3.63, 3.8) is 0 Å². The van der Waals surface area contributed by atoms with Crippen LogP contribution in [0.4, 0.5) is 5.69 Å². The van der Waals surface area contributed by atoms with E-state index in [0.29, 0.717) is 39.8 Å². The van der Waals surface area contributed by atoms with Crippen molar-refractivity contribution in [2.75, 3.05) is 33.8 Å². The van der Waals surface area contributed by atoms with Gasteiger partial charge in [0.1, 0.15) is 22.5 Å². The molecule has 0 spiro atoms. The van der Waals surface area contributed by atoms with E-state index in [-0.39, 0.29) is 28.1 Å². The van der Waals surface area contributed by atoms with Gasteiger partial charge in [0, 0.05) is 23.4 Å². The second kappa shape index (κ2) is 9.58. The van der Waals surface area contributed by atoms with E-state index < -0.39 is 0 Å². The summed E-state index contributed by atoms with van der Waals surface area (Å²) in [6.45, 7) is 0. The number of rotatable bonds is 7. The number of amides is 1. The van der Waals surface area contributed by atoms with Gasteiger partial charge >= 0.3 is 0 Å². The summed E-state index contributed by atoms with van der Waals surface area (Å²) in [6.07, 6.45) is 0. The zero-order chi connectivity index (χ0) is 24.2. The van der Waals surface area contributed by atoms with E-state index in [2.05, 4.69) is 5.32 Å². The van der Waals surface area contributed by atoms with Crippen molar-refractivity contribution in [2.45, 2.75) is 0 Å². The fourth-order valence-electron chi connectivity index (χ4n) is 3.71. The van der Waals surface area contributed by atoms with Crippen molar-refractivity contribution in [3.8, 4) is 34.3 Å². The summed E-state index contributed by atoms with van der Waals surface area (Å²) in [7, 11) is 5.90. The van der Waals surface area contributed by atoms with Gasteiger partial charge < -0.3 is 28.7 Å². The molecule has 1 amide bonds. The Morgan fingerprint density at radius 2 is 1.53 bits per heavy atom. The number of hydrogen-bond acceptors (Lipinski definition) is 7. The van der Waals surface area contributed by atoms with Crippen molar-refractivity contribution in [1.29, 1.82) is 0 Å². The van der Waals surface area contributed by atoms with Gasteiger partial charge in [0.25, 0.3) is 5.91 Å². The molecule has 174 valence electrons. The fourth-order valence-corrected chi connectivity index (χ4v) is 3.71. The van der Waals surface area contributed by atoms with Crippen molar-refractivity contribution < 1.29 is 28.2 Å². The predicted octanol–water partition coefficient (Wildman–Crippen LogP) is 4.75. The third-order valence-corrected chi connectivity index (χ3v) is 5.28. The van der Waals surface area contributed by atoms with Crippen LogP contribution in [0.15, 0.2) is 69.9 Å². The number of ether oxygens (including phenoxy) is 4. The minimum atomic E-state index is -0.323. The monoisotopic (exact) mass is 461 g/mol. The molecule has 8 heteroatoms. The average molecular weight is 461 g/mol. The van der Waals surface area contributed by atoms with Gasteiger partial charge in [-0.25, -0.2) is 0 Å². The summed E-state index contributed by atoms with van der Waals surface area (Å²) in [5.41, 5.74) is 1.50. The molecule has 1 aromatic heterocycles. The predicted molar refractivity (Wildman–Crippen MR) is 129 cm³/mol. The SMILES string of the molecule is COc1ccccc1C(=O)Nc1cccc(-c2cc(=O)c3c(OC)c(OC)c(OC)cc3o2)c1. The van der Waals surface area contributed by atoms with E-state index in [9.17, 15) is 9.59 Å². The summed E-state index contributed by atoms with van der Waals surface area (Å²) in [5, 5.41) is 3.09. The van der Waals surface area contributed by atoms with E-state index in [1.165, 1.54) is 34.5 Å². The molecule has 0 unspecified atom stereocenters. The molecule has 0 atom stereocenters. The van der Waals surface area contributed by atoms with Gasteiger partial charge in [-0.15, -0.1) is 0 Å². The minimum absolute atomic E-state index is 0.231. The van der Waals surface area contributed by atoms with E-state index in [1.54, 1.807) is 54.6 Å². The topological polar surface area (TPSA) is 96.2 Å². The fraction of sp³-hybridized carbons (Fsp3) is 0.154. The smallest absolute Gasteiger partial charge is 0.259 e. The summed E-state index contributed by atoms with van der Waals surface area (Å²) >= 11 is 0. The Morgan fingerprint density at radius 1 is 0.794 bits per heavy atom. The molecule has 0 saturated heterocycles. The Morgan fingerprint density at radius 3 is 2.24 bits per heavy atom. The van der Waals surface area contributed by atoms with Gasteiger partial charge in [0.2, 0.25) is 5.75 Å². The van der Waals surface area contributed by atoms with Crippen LogP contribution in [0.25, 0.3) is 22.3 Å². The van der Waals surface area contributed by atoms with Gasteiger partial charge in [0.15, 0.2) is 16.9 Å². The molecule has 34 heavy (non-hydrogen) atoms. The summed E-state index contributed by atoms with van der Waals surface area (Å²) in [4.78, 5) is 25.8. The lowest BCUT2D eigenvalue weighted by Gasteiger charge is -2.14. The summed E-state index contributed by atoms with van der Waals surface area (Å²) in [5.74, 6) is 1.37. The van der Waals surface area contributed by atoms with Crippen LogP contribution in [0, 0.1) is 0 Å². The van der Waals surface area contributed by atoms with Crippen molar-refractivity contribution in [3.05, 3.63) is 76.5 Å². The van der Waals surface area contributed by atoms with Gasteiger partial charge in [-0.3, -0.25) is 9.59 Å². The number of methoxy groups -OCH3 is 4. The van der Waals surface area contributed by atoms with Gasteiger partial charge in [-0.2, -0.15) is 0 Å². The highest BCUT2D eigenvalue weighted by atomic mass is 16.5. The third-order valence-electron chi connectivity index (χ3n) is 5.28. The van der Waals surface area contributed by atoms with Crippen molar-refractivity contribution in [2.24, 2.45) is 0 Å².